The van der Waals surface area contributed by atoms with Crippen molar-refractivity contribution in [2.24, 2.45) is 5.92 Å². The predicted molar refractivity (Wildman–Crippen MR) is 89.5 cm³/mol. The van der Waals surface area contributed by atoms with Gasteiger partial charge in [0.05, 0.1) is 6.54 Å². The van der Waals surface area contributed by atoms with Gasteiger partial charge in [0.1, 0.15) is 0 Å². The van der Waals surface area contributed by atoms with Gasteiger partial charge in [0.25, 0.3) is 5.89 Å². The topological polar surface area (TPSA) is 98.2 Å². The van der Waals surface area contributed by atoms with Gasteiger partial charge in [0, 0.05) is 24.1 Å². The molecule has 130 valence electrons. The van der Waals surface area contributed by atoms with Gasteiger partial charge in [0.2, 0.25) is 5.91 Å². The summed E-state index contributed by atoms with van der Waals surface area (Å²) in [7, 11) is 0. The molecule has 0 aliphatic heterocycles. The van der Waals surface area contributed by atoms with Crippen LogP contribution in [0.1, 0.15) is 44.3 Å². The van der Waals surface area contributed by atoms with E-state index in [9.17, 15) is 4.79 Å². The molecule has 1 aliphatic rings. The van der Waals surface area contributed by atoms with Crippen molar-refractivity contribution in [3.63, 3.8) is 0 Å². The summed E-state index contributed by atoms with van der Waals surface area (Å²) in [5.74, 6) is 2.11. The van der Waals surface area contributed by atoms with Crippen LogP contribution in [0, 0.1) is 5.92 Å². The molecule has 1 fully saturated rings. The zero-order valence-electron chi connectivity index (χ0n) is 14.1. The quantitative estimate of drug-likeness (QED) is 0.764. The third-order valence-electron chi connectivity index (χ3n) is 4.66. The Bertz CT molecular complexity index is 894. The molecule has 0 atom stereocenters. The maximum absolute atomic E-state index is 12.2. The molecule has 3 aromatic rings. The first-order chi connectivity index (χ1) is 12.2. The monoisotopic (exact) mass is 340 g/mol. The number of amides is 1. The van der Waals surface area contributed by atoms with E-state index in [0.717, 1.165) is 37.7 Å². The van der Waals surface area contributed by atoms with Crippen LogP contribution in [0.2, 0.25) is 0 Å². The summed E-state index contributed by atoms with van der Waals surface area (Å²) >= 11 is 0. The fourth-order valence-electron chi connectivity index (χ4n) is 3.21. The molecule has 0 unspecified atom stereocenters. The minimum Gasteiger partial charge on any atom is -0.349 e. The molecule has 1 amide bonds. The lowest BCUT2D eigenvalue weighted by molar-refractivity contribution is -0.125. The number of aryl methyl sites for hydroxylation is 1. The van der Waals surface area contributed by atoms with Crippen molar-refractivity contribution in [1.29, 1.82) is 0 Å². The molecule has 1 saturated carbocycles. The second kappa shape index (κ2) is 6.62. The summed E-state index contributed by atoms with van der Waals surface area (Å²) in [6.07, 6.45) is 6.84. The molecule has 3 heterocycles. The molecule has 0 aromatic carbocycles. The van der Waals surface area contributed by atoms with E-state index in [0.29, 0.717) is 29.7 Å². The third-order valence-corrected chi connectivity index (χ3v) is 4.66. The zero-order chi connectivity index (χ0) is 17.2. The van der Waals surface area contributed by atoms with Gasteiger partial charge in [-0.25, -0.2) is 0 Å². The summed E-state index contributed by atoms with van der Waals surface area (Å²) in [6.45, 7) is 2.35. The smallest absolute Gasteiger partial charge is 0.258 e. The number of rotatable bonds is 5. The first kappa shape index (κ1) is 15.7. The van der Waals surface area contributed by atoms with Crippen molar-refractivity contribution < 1.29 is 9.32 Å². The van der Waals surface area contributed by atoms with Crippen LogP contribution in [0.4, 0.5) is 0 Å². The molecule has 1 aliphatic carbocycles. The molecule has 8 heteroatoms. The molecule has 3 aromatic heterocycles. The van der Waals surface area contributed by atoms with Crippen LogP contribution in [-0.4, -0.2) is 30.6 Å². The van der Waals surface area contributed by atoms with E-state index < -0.39 is 0 Å². The molecule has 1 N–H and O–H groups in total. The summed E-state index contributed by atoms with van der Waals surface area (Å²) in [5.41, 5.74) is 1.48. The highest BCUT2D eigenvalue weighted by Crippen LogP contribution is 2.24. The first-order valence-corrected chi connectivity index (χ1v) is 8.69. The lowest BCUT2D eigenvalue weighted by Crippen LogP contribution is -2.29. The Morgan fingerprint density at radius 3 is 2.96 bits per heavy atom. The Morgan fingerprint density at radius 2 is 2.20 bits per heavy atom. The summed E-state index contributed by atoms with van der Waals surface area (Å²) < 4.78 is 7.11. The molecule has 8 nitrogen and oxygen atoms in total. The highest BCUT2D eigenvalue weighted by atomic mass is 16.5. The van der Waals surface area contributed by atoms with E-state index in [2.05, 4.69) is 25.7 Å². The van der Waals surface area contributed by atoms with Crippen LogP contribution in [0.25, 0.3) is 17.1 Å². The van der Waals surface area contributed by atoms with Crippen LogP contribution < -0.4 is 5.32 Å². The summed E-state index contributed by atoms with van der Waals surface area (Å²) in [6, 6.07) is 3.73. The maximum Gasteiger partial charge on any atom is 0.258 e. The number of hydrogen-bond acceptors (Lipinski definition) is 6. The highest BCUT2D eigenvalue weighted by Gasteiger charge is 2.22. The normalized spacial score (nSPS) is 15.1. The molecule has 0 bridgehead atoms. The molecular weight excluding hydrogens is 320 g/mol. The van der Waals surface area contributed by atoms with Crippen LogP contribution in [0.5, 0.6) is 0 Å². The largest absolute Gasteiger partial charge is 0.349 e. The fourth-order valence-corrected chi connectivity index (χ4v) is 3.21. The lowest BCUT2D eigenvalue weighted by Gasteiger charge is -2.09. The van der Waals surface area contributed by atoms with Gasteiger partial charge in [-0.05, 0) is 25.0 Å². The Hall–Kier alpha value is -2.77. The van der Waals surface area contributed by atoms with Gasteiger partial charge in [-0.3, -0.25) is 9.20 Å². The number of nitrogens with zero attached hydrogens (tertiary/aromatic N) is 5. The third kappa shape index (κ3) is 3.11. The second-order valence-electron chi connectivity index (χ2n) is 6.33. The fraction of sp³-hybridized carbons (Fsp3) is 0.471. The number of carbonyl (C=O) groups excluding carboxylic acids is 1. The van der Waals surface area contributed by atoms with Crippen molar-refractivity contribution in [3.05, 3.63) is 30.0 Å². The predicted octanol–water partition coefficient (Wildman–Crippen LogP) is 2.15. The minimum absolute atomic E-state index is 0.115. The number of nitrogens with one attached hydrogen (secondary N) is 1. The average Bonchev–Trinajstić information content (AvgIpc) is 3.39. The molecule has 0 saturated heterocycles. The van der Waals surface area contributed by atoms with Crippen molar-refractivity contribution in [3.8, 4) is 11.5 Å². The summed E-state index contributed by atoms with van der Waals surface area (Å²) in [4.78, 5) is 16.5. The number of aromatic nitrogens is 5. The van der Waals surface area contributed by atoms with Crippen molar-refractivity contribution in [2.75, 3.05) is 0 Å². The zero-order valence-corrected chi connectivity index (χ0v) is 14.1. The van der Waals surface area contributed by atoms with Crippen LogP contribution in [0.15, 0.2) is 22.9 Å². The van der Waals surface area contributed by atoms with E-state index in [1.54, 1.807) is 0 Å². The van der Waals surface area contributed by atoms with Crippen molar-refractivity contribution >= 4 is 11.6 Å². The Kier molecular flexibility index (Phi) is 4.17. The van der Waals surface area contributed by atoms with Gasteiger partial charge < -0.3 is 9.84 Å². The Morgan fingerprint density at radius 1 is 1.36 bits per heavy atom. The van der Waals surface area contributed by atoms with E-state index in [1.807, 2.05) is 29.7 Å². The Labute approximate surface area is 144 Å². The van der Waals surface area contributed by atoms with E-state index in [1.165, 1.54) is 0 Å². The average molecular weight is 340 g/mol. The number of fused-ring (bicyclic) bond motifs is 1. The number of pyridine rings is 1. The molecular formula is C17H20N6O2. The van der Waals surface area contributed by atoms with Crippen molar-refractivity contribution in [2.45, 2.75) is 45.6 Å². The van der Waals surface area contributed by atoms with Crippen molar-refractivity contribution in [1.82, 2.24) is 30.1 Å². The van der Waals surface area contributed by atoms with Gasteiger partial charge in [-0.15, -0.1) is 10.2 Å². The second-order valence-corrected chi connectivity index (χ2v) is 6.33. The Balaban J connectivity index is 1.50. The van der Waals surface area contributed by atoms with Gasteiger partial charge in [-0.1, -0.05) is 24.9 Å². The number of hydrogen-bond donors (Lipinski definition) is 1. The highest BCUT2D eigenvalue weighted by molar-refractivity contribution is 5.78. The lowest BCUT2D eigenvalue weighted by atomic mass is 10.1. The number of carbonyl (C=O) groups is 1. The molecule has 0 radical (unpaired) electrons. The van der Waals surface area contributed by atoms with Gasteiger partial charge >= 0.3 is 0 Å². The maximum atomic E-state index is 12.2. The van der Waals surface area contributed by atoms with E-state index in [-0.39, 0.29) is 11.8 Å². The van der Waals surface area contributed by atoms with Gasteiger partial charge in [-0.2, -0.15) is 4.98 Å². The van der Waals surface area contributed by atoms with Crippen LogP contribution in [0.3, 0.4) is 0 Å². The molecule has 0 spiro atoms. The standard InChI is InChI=1S/C17H20N6O2/c1-2-13-19-17(25-22-13)12-7-8-23-14(9-12)20-21-15(23)10-18-16(24)11-5-3-4-6-11/h7-9,11H,2-6,10H2,1H3,(H,18,24). The van der Waals surface area contributed by atoms with Crippen LogP contribution >= 0.6 is 0 Å². The van der Waals surface area contributed by atoms with Crippen LogP contribution in [-0.2, 0) is 17.8 Å². The molecule has 25 heavy (non-hydrogen) atoms. The van der Waals surface area contributed by atoms with E-state index in [4.69, 9.17) is 4.52 Å². The minimum atomic E-state index is 0.115. The van der Waals surface area contributed by atoms with E-state index >= 15 is 0 Å². The SMILES string of the molecule is CCc1noc(-c2ccn3c(CNC(=O)C4CCCC4)nnc3c2)n1. The van der Waals surface area contributed by atoms with Gasteiger partial charge in [0.15, 0.2) is 17.3 Å². The molecule has 4 rings (SSSR count). The summed E-state index contributed by atoms with van der Waals surface area (Å²) in [5, 5.41) is 15.2. The first-order valence-electron chi connectivity index (χ1n) is 8.69.